The van der Waals surface area contributed by atoms with Gasteiger partial charge in [0.05, 0.1) is 12.0 Å². The van der Waals surface area contributed by atoms with Crippen LogP contribution in [0.1, 0.15) is 31.7 Å². The van der Waals surface area contributed by atoms with Crippen LogP contribution in [-0.2, 0) is 20.7 Å². The number of aromatic nitrogens is 1. The first-order valence-electron chi connectivity index (χ1n) is 8.72. The molecule has 0 aromatic carbocycles. The number of aliphatic carboxylic acids is 1. The molecule has 3 rings (SSSR count). The van der Waals surface area contributed by atoms with Crippen molar-refractivity contribution in [3.05, 3.63) is 30.1 Å². The van der Waals surface area contributed by atoms with Crippen LogP contribution in [0.25, 0.3) is 0 Å². The van der Waals surface area contributed by atoms with Crippen molar-refractivity contribution in [1.82, 2.24) is 9.88 Å². The van der Waals surface area contributed by atoms with Crippen molar-refractivity contribution < 1.29 is 32.6 Å². The van der Waals surface area contributed by atoms with Crippen molar-refractivity contribution >= 4 is 11.9 Å². The van der Waals surface area contributed by atoms with Crippen LogP contribution in [0.2, 0.25) is 0 Å². The quantitative estimate of drug-likeness (QED) is 0.843. The molecule has 2 aliphatic rings. The Morgan fingerprint density at radius 1 is 1.30 bits per heavy atom. The van der Waals surface area contributed by atoms with Gasteiger partial charge in [-0.25, -0.2) is 4.79 Å². The fourth-order valence-corrected chi connectivity index (χ4v) is 3.37. The lowest BCUT2D eigenvalue weighted by molar-refractivity contribution is -0.192. The zero-order chi connectivity index (χ0) is 20.1. The summed E-state index contributed by atoms with van der Waals surface area (Å²) in [6.45, 7) is 4.79. The first-order valence-corrected chi connectivity index (χ1v) is 8.72. The molecule has 1 spiro atoms. The monoisotopic (exact) mass is 388 g/mol. The van der Waals surface area contributed by atoms with Crippen LogP contribution in [0.5, 0.6) is 0 Å². The number of ether oxygens (including phenoxy) is 1. The molecule has 6 nitrogen and oxygen atoms in total. The van der Waals surface area contributed by atoms with Gasteiger partial charge in [-0.05, 0) is 42.9 Å². The lowest BCUT2D eigenvalue weighted by atomic mass is 9.86. The Morgan fingerprint density at radius 3 is 2.30 bits per heavy atom. The third-order valence-corrected chi connectivity index (χ3v) is 4.77. The average Bonchev–Trinajstić information content (AvgIpc) is 2.96. The maximum Gasteiger partial charge on any atom is 0.490 e. The van der Waals surface area contributed by atoms with Gasteiger partial charge in [0.25, 0.3) is 0 Å². The number of likely N-dealkylation sites (tertiary alicyclic amines) is 1. The van der Waals surface area contributed by atoms with Gasteiger partial charge in [0, 0.05) is 32.1 Å². The van der Waals surface area contributed by atoms with Gasteiger partial charge >= 0.3 is 12.1 Å². The zero-order valence-corrected chi connectivity index (χ0v) is 15.0. The van der Waals surface area contributed by atoms with Gasteiger partial charge in [-0.3, -0.25) is 9.78 Å². The minimum absolute atomic E-state index is 0.0624. The minimum Gasteiger partial charge on any atom is -0.475 e. The Bertz CT molecular complexity index is 644. The van der Waals surface area contributed by atoms with Crippen LogP contribution in [0, 0.1) is 5.92 Å². The zero-order valence-electron chi connectivity index (χ0n) is 15.0. The highest BCUT2D eigenvalue weighted by atomic mass is 19.4. The Kier molecular flexibility index (Phi) is 6.80. The lowest BCUT2D eigenvalue weighted by Gasteiger charge is -2.38. The summed E-state index contributed by atoms with van der Waals surface area (Å²) in [5, 5.41) is 7.12. The number of carbonyl (C=O) groups is 2. The van der Waals surface area contributed by atoms with E-state index in [2.05, 4.69) is 11.9 Å². The van der Waals surface area contributed by atoms with Crippen LogP contribution < -0.4 is 0 Å². The maximum atomic E-state index is 12.3. The fourth-order valence-electron chi connectivity index (χ4n) is 3.37. The van der Waals surface area contributed by atoms with Gasteiger partial charge in [-0.2, -0.15) is 13.2 Å². The first-order chi connectivity index (χ1) is 12.6. The molecular weight excluding hydrogens is 365 g/mol. The smallest absolute Gasteiger partial charge is 0.475 e. The molecule has 150 valence electrons. The third kappa shape index (κ3) is 6.20. The average molecular weight is 388 g/mol. The van der Waals surface area contributed by atoms with Crippen LogP contribution in [0.15, 0.2) is 24.5 Å². The number of carboxylic acid groups (broad SMARTS) is 1. The number of halogens is 3. The van der Waals surface area contributed by atoms with Gasteiger partial charge in [-0.1, -0.05) is 6.92 Å². The largest absolute Gasteiger partial charge is 0.490 e. The molecule has 0 saturated carbocycles. The predicted octanol–water partition coefficient (Wildman–Crippen LogP) is 2.68. The summed E-state index contributed by atoms with van der Waals surface area (Å²) in [5.74, 6) is -1.88. The van der Waals surface area contributed by atoms with Crippen molar-refractivity contribution in [2.75, 3.05) is 19.7 Å². The first kappa shape index (κ1) is 21.1. The number of carboxylic acids is 1. The third-order valence-electron chi connectivity index (χ3n) is 4.77. The molecule has 2 fully saturated rings. The van der Waals surface area contributed by atoms with Gasteiger partial charge in [0.2, 0.25) is 5.91 Å². The van der Waals surface area contributed by atoms with Crippen LogP contribution in [0.4, 0.5) is 13.2 Å². The van der Waals surface area contributed by atoms with E-state index >= 15 is 0 Å². The molecule has 0 bridgehead atoms. The molecule has 27 heavy (non-hydrogen) atoms. The molecular formula is C18H23F3N2O4. The van der Waals surface area contributed by atoms with E-state index < -0.39 is 12.1 Å². The van der Waals surface area contributed by atoms with E-state index in [1.807, 2.05) is 17.0 Å². The van der Waals surface area contributed by atoms with Crippen LogP contribution in [-0.4, -0.2) is 58.3 Å². The molecule has 2 aliphatic heterocycles. The number of piperidine rings is 1. The number of carbonyl (C=O) groups excluding carboxylic acids is 1. The summed E-state index contributed by atoms with van der Waals surface area (Å²) in [7, 11) is 0. The van der Waals surface area contributed by atoms with Crippen molar-refractivity contribution in [2.24, 2.45) is 5.92 Å². The second-order valence-corrected chi connectivity index (χ2v) is 7.02. The van der Waals surface area contributed by atoms with E-state index in [4.69, 9.17) is 14.6 Å². The van der Waals surface area contributed by atoms with Gasteiger partial charge in [0.15, 0.2) is 0 Å². The van der Waals surface area contributed by atoms with E-state index in [0.717, 1.165) is 44.5 Å². The number of hydrogen-bond acceptors (Lipinski definition) is 4. The lowest BCUT2D eigenvalue weighted by Crippen LogP contribution is -2.46. The van der Waals surface area contributed by atoms with E-state index in [9.17, 15) is 18.0 Å². The molecule has 1 unspecified atom stereocenters. The second-order valence-electron chi connectivity index (χ2n) is 7.02. The Balaban J connectivity index is 0.000000321. The molecule has 0 radical (unpaired) electrons. The number of nitrogens with zero attached hydrogens (tertiary/aromatic N) is 2. The molecule has 1 aromatic rings. The Hall–Kier alpha value is -2.16. The summed E-state index contributed by atoms with van der Waals surface area (Å²) in [4.78, 5) is 27.2. The van der Waals surface area contributed by atoms with Crippen LogP contribution >= 0.6 is 0 Å². The van der Waals surface area contributed by atoms with Gasteiger partial charge < -0.3 is 14.7 Å². The fraction of sp³-hybridized carbons (Fsp3) is 0.611. The standard InChI is InChI=1S/C16H22N2O2.C2HF3O2/c1-13-11-16(20-12-13)4-8-18(9-5-16)15(19)10-14-2-6-17-7-3-14;3-2(4,5)1(6)7/h2-3,6-7,13H,4-5,8-12H2,1H3;(H,6,7). The van der Waals surface area contributed by atoms with E-state index in [0.29, 0.717) is 12.3 Å². The van der Waals surface area contributed by atoms with E-state index in [-0.39, 0.29) is 11.5 Å². The van der Waals surface area contributed by atoms with Crippen molar-refractivity contribution in [2.45, 2.75) is 44.4 Å². The highest BCUT2D eigenvalue weighted by molar-refractivity contribution is 5.78. The molecule has 0 aliphatic carbocycles. The van der Waals surface area contributed by atoms with Gasteiger partial charge in [-0.15, -0.1) is 0 Å². The normalized spacial score (nSPS) is 21.5. The molecule has 9 heteroatoms. The number of hydrogen-bond donors (Lipinski definition) is 1. The Morgan fingerprint density at radius 2 is 1.85 bits per heavy atom. The highest BCUT2D eigenvalue weighted by Crippen LogP contribution is 2.38. The number of pyridine rings is 1. The number of alkyl halides is 3. The summed E-state index contributed by atoms with van der Waals surface area (Å²) < 4.78 is 37.7. The van der Waals surface area contributed by atoms with Crippen LogP contribution in [0.3, 0.4) is 0 Å². The van der Waals surface area contributed by atoms with E-state index in [1.54, 1.807) is 12.4 Å². The maximum absolute atomic E-state index is 12.3. The molecule has 1 atom stereocenters. The topological polar surface area (TPSA) is 79.7 Å². The summed E-state index contributed by atoms with van der Waals surface area (Å²) in [5.41, 5.74) is 1.10. The summed E-state index contributed by atoms with van der Waals surface area (Å²) in [6.07, 6.45) is 1.99. The van der Waals surface area contributed by atoms with E-state index in [1.165, 1.54) is 0 Å². The van der Waals surface area contributed by atoms with Crippen molar-refractivity contribution in [3.63, 3.8) is 0 Å². The predicted molar refractivity (Wildman–Crippen MR) is 89.9 cm³/mol. The summed E-state index contributed by atoms with van der Waals surface area (Å²) >= 11 is 0. The number of amides is 1. The molecule has 2 saturated heterocycles. The number of rotatable bonds is 2. The second kappa shape index (κ2) is 8.69. The Labute approximate surface area is 155 Å². The highest BCUT2D eigenvalue weighted by Gasteiger charge is 2.42. The van der Waals surface area contributed by atoms with Crippen molar-refractivity contribution in [1.29, 1.82) is 0 Å². The van der Waals surface area contributed by atoms with Crippen molar-refractivity contribution in [3.8, 4) is 0 Å². The SMILES string of the molecule is CC1COC2(CCN(C(=O)Cc3ccncc3)CC2)C1.O=C(O)C(F)(F)F. The minimum atomic E-state index is -5.08. The molecule has 3 heterocycles. The molecule has 1 amide bonds. The van der Waals surface area contributed by atoms with Gasteiger partial charge in [0.1, 0.15) is 0 Å². The molecule has 1 N–H and O–H groups in total. The summed E-state index contributed by atoms with van der Waals surface area (Å²) in [6, 6.07) is 3.82. The molecule has 1 aromatic heterocycles.